The maximum Gasteiger partial charge on any atom is 0.326 e. The number of benzene rings is 2. The average Bonchev–Trinajstić information content (AvgIpc) is 3.00. The minimum absolute atomic E-state index is 0.0479. The van der Waals surface area contributed by atoms with Gasteiger partial charge in [0.05, 0.1) is 9.80 Å². The quantitative estimate of drug-likeness (QED) is 0.386. The van der Waals surface area contributed by atoms with Crippen molar-refractivity contribution in [2.75, 3.05) is 11.9 Å². The fraction of sp³-hybridized carbons (Fsp3) is 0.100. The number of nitrogens with zero attached hydrogens (tertiary/aromatic N) is 1. The maximum absolute atomic E-state index is 13.0. The van der Waals surface area contributed by atoms with Crippen LogP contribution in [0.2, 0.25) is 0 Å². The van der Waals surface area contributed by atoms with Gasteiger partial charge in [-0.2, -0.15) is 0 Å². The van der Waals surface area contributed by atoms with Crippen LogP contribution in [0.25, 0.3) is 6.08 Å². The van der Waals surface area contributed by atoms with Gasteiger partial charge in [0.1, 0.15) is 10.1 Å². The number of anilines is 1. The van der Waals surface area contributed by atoms with Crippen molar-refractivity contribution in [3.05, 3.63) is 64.8 Å². The van der Waals surface area contributed by atoms with Gasteiger partial charge in [-0.25, -0.2) is 22.3 Å². The third-order valence-corrected chi connectivity index (χ3v) is 7.03. The summed E-state index contributed by atoms with van der Waals surface area (Å²) in [6, 6.07) is 9.52. The Morgan fingerprint density at radius 1 is 1.12 bits per heavy atom. The molecule has 1 aliphatic heterocycles. The van der Waals surface area contributed by atoms with E-state index in [-0.39, 0.29) is 29.6 Å². The molecule has 4 amide bonds. The summed E-state index contributed by atoms with van der Waals surface area (Å²) in [6.07, 6.45) is 1.54. The highest BCUT2D eigenvalue weighted by molar-refractivity contribution is 8.26. The second-order valence-electron chi connectivity index (χ2n) is 6.68. The predicted octanol–water partition coefficient (Wildman–Crippen LogP) is 2.41. The monoisotopic (exact) mass is 508 g/mol. The highest BCUT2D eigenvalue weighted by Crippen LogP contribution is 2.32. The number of urea groups is 1. The average molecular weight is 509 g/mol. The number of carbonyl (C=O) groups excluding carboxylic acids is 3. The number of carbonyl (C=O) groups is 3. The van der Waals surface area contributed by atoms with Crippen LogP contribution in [0.1, 0.15) is 12.0 Å². The zero-order valence-electron chi connectivity index (χ0n) is 16.8. The zero-order chi connectivity index (χ0) is 24.2. The molecule has 1 heterocycles. The van der Waals surface area contributed by atoms with Gasteiger partial charge in [0.25, 0.3) is 15.9 Å². The molecule has 0 unspecified atom stereocenters. The lowest BCUT2D eigenvalue weighted by atomic mass is 10.2. The summed E-state index contributed by atoms with van der Waals surface area (Å²) in [4.78, 5) is 37.1. The fourth-order valence-electron chi connectivity index (χ4n) is 2.75. The van der Waals surface area contributed by atoms with Crippen LogP contribution in [0, 0.1) is 5.82 Å². The molecule has 1 aliphatic rings. The lowest BCUT2D eigenvalue weighted by molar-refractivity contribution is -0.122. The van der Waals surface area contributed by atoms with E-state index in [1.807, 2.05) is 0 Å². The number of primary amides is 1. The molecule has 0 aliphatic carbocycles. The third-order valence-electron chi connectivity index (χ3n) is 4.29. The molecular formula is C20H17FN4O5S3. The van der Waals surface area contributed by atoms with Gasteiger partial charge in [-0.3, -0.25) is 14.5 Å². The Balaban J connectivity index is 1.57. The summed E-state index contributed by atoms with van der Waals surface area (Å²) in [5.41, 5.74) is 5.79. The molecule has 3 rings (SSSR count). The fourth-order valence-corrected chi connectivity index (χ4v) is 4.93. The molecule has 13 heteroatoms. The molecule has 0 aromatic heterocycles. The van der Waals surface area contributed by atoms with Crippen LogP contribution in [0.3, 0.4) is 0 Å². The zero-order valence-corrected chi connectivity index (χ0v) is 19.2. The van der Waals surface area contributed by atoms with E-state index in [9.17, 15) is 27.2 Å². The minimum atomic E-state index is -4.09. The molecule has 172 valence electrons. The van der Waals surface area contributed by atoms with E-state index in [1.54, 1.807) is 10.8 Å². The highest BCUT2D eigenvalue weighted by Gasteiger charge is 2.32. The van der Waals surface area contributed by atoms with Crippen LogP contribution in [-0.2, 0) is 19.6 Å². The van der Waals surface area contributed by atoms with Crippen LogP contribution < -0.4 is 15.8 Å². The Labute approximate surface area is 198 Å². The van der Waals surface area contributed by atoms with Crippen molar-refractivity contribution in [3.8, 4) is 0 Å². The number of sulfonamides is 1. The highest BCUT2D eigenvalue weighted by atomic mass is 32.2. The number of nitrogens with two attached hydrogens (primary N) is 1. The summed E-state index contributed by atoms with van der Waals surface area (Å²) < 4.78 is 38.7. The molecule has 1 fully saturated rings. The van der Waals surface area contributed by atoms with E-state index in [4.69, 9.17) is 18.0 Å². The first kappa shape index (κ1) is 24.4. The SMILES string of the molecule is NC(=O)NS(=O)(=O)c1ccc(NC(=O)CCN2C(=O)/C(=C\c3ccc(F)cc3)SC2=S)cc1. The standard InChI is InChI=1S/C20H17FN4O5S3/c21-13-3-1-12(2-4-13)11-16-18(27)25(20(31)32-16)10-9-17(26)23-14-5-7-15(8-6-14)33(29,30)24-19(22)28/h1-8,11H,9-10H2,(H,23,26)(H3,22,24,28)/b16-11+. The molecule has 0 radical (unpaired) electrons. The number of thiocarbonyl (C=S) groups is 1. The molecule has 1 saturated heterocycles. The van der Waals surface area contributed by atoms with Gasteiger partial charge < -0.3 is 11.1 Å². The number of amides is 4. The van der Waals surface area contributed by atoms with Crippen molar-refractivity contribution in [2.45, 2.75) is 11.3 Å². The first-order valence-corrected chi connectivity index (χ1v) is 12.0. The van der Waals surface area contributed by atoms with Crippen molar-refractivity contribution in [1.82, 2.24) is 9.62 Å². The second kappa shape index (κ2) is 10.1. The summed E-state index contributed by atoms with van der Waals surface area (Å²) >= 11 is 6.32. The Bertz CT molecular complexity index is 1250. The smallest absolute Gasteiger partial charge is 0.326 e. The third kappa shape index (κ3) is 6.37. The Kier molecular flexibility index (Phi) is 7.46. The molecule has 0 saturated carbocycles. The summed E-state index contributed by atoms with van der Waals surface area (Å²) in [6.45, 7) is 0.0479. The molecule has 9 nitrogen and oxygen atoms in total. The first-order chi connectivity index (χ1) is 15.5. The lowest BCUT2D eigenvalue weighted by Gasteiger charge is -2.14. The van der Waals surface area contributed by atoms with Gasteiger partial charge in [0.2, 0.25) is 5.91 Å². The second-order valence-corrected chi connectivity index (χ2v) is 10.0. The van der Waals surface area contributed by atoms with Crippen LogP contribution in [-0.4, -0.2) is 42.0 Å². The largest absolute Gasteiger partial charge is 0.351 e. The van der Waals surface area contributed by atoms with Crippen LogP contribution in [0.15, 0.2) is 58.3 Å². The molecule has 2 aromatic carbocycles. The van der Waals surface area contributed by atoms with E-state index in [0.29, 0.717) is 20.5 Å². The van der Waals surface area contributed by atoms with Gasteiger partial charge in [-0.15, -0.1) is 0 Å². The Morgan fingerprint density at radius 3 is 2.36 bits per heavy atom. The van der Waals surface area contributed by atoms with E-state index < -0.39 is 22.0 Å². The van der Waals surface area contributed by atoms with E-state index in [1.165, 1.54) is 53.4 Å². The van der Waals surface area contributed by atoms with Gasteiger partial charge in [-0.1, -0.05) is 36.1 Å². The summed E-state index contributed by atoms with van der Waals surface area (Å²) in [5.74, 6) is -1.15. The first-order valence-electron chi connectivity index (χ1n) is 9.28. The van der Waals surface area contributed by atoms with Gasteiger partial charge >= 0.3 is 6.03 Å². The van der Waals surface area contributed by atoms with Crippen LogP contribution in [0.4, 0.5) is 14.9 Å². The number of hydrogen-bond acceptors (Lipinski definition) is 7. The van der Waals surface area contributed by atoms with E-state index >= 15 is 0 Å². The number of nitrogens with one attached hydrogen (secondary N) is 2. The maximum atomic E-state index is 13.0. The number of hydrogen-bond donors (Lipinski definition) is 3. The van der Waals surface area contributed by atoms with Crippen molar-refractivity contribution < 1.29 is 27.2 Å². The van der Waals surface area contributed by atoms with Gasteiger partial charge in [0, 0.05) is 18.7 Å². The number of rotatable bonds is 7. The minimum Gasteiger partial charge on any atom is -0.351 e. The summed E-state index contributed by atoms with van der Waals surface area (Å²) in [7, 11) is -4.09. The molecule has 4 N–H and O–H groups in total. The van der Waals surface area contributed by atoms with Crippen molar-refractivity contribution >= 4 is 67.9 Å². The van der Waals surface area contributed by atoms with Crippen molar-refractivity contribution in [2.24, 2.45) is 5.73 Å². The number of thioether (sulfide) groups is 1. The number of halogens is 1. The molecule has 0 spiro atoms. The van der Waals surface area contributed by atoms with Crippen molar-refractivity contribution in [1.29, 1.82) is 0 Å². The Hall–Kier alpha value is -3.29. The molecule has 0 atom stereocenters. The Morgan fingerprint density at radius 2 is 1.76 bits per heavy atom. The molecular weight excluding hydrogens is 491 g/mol. The van der Waals surface area contributed by atoms with E-state index in [2.05, 4.69) is 5.32 Å². The van der Waals surface area contributed by atoms with Crippen LogP contribution >= 0.6 is 24.0 Å². The van der Waals surface area contributed by atoms with Crippen LogP contribution in [0.5, 0.6) is 0 Å². The summed E-state index contributed by atoms with van der Waals surface area (Å²) in [5, 5.41) is 2.59. The van der Waals surface area contributed by atoms with E-state index in [0.717, 1.165) is 11.8 Å². The van der Waals surface area contributed by atoms with Crippen molar-refractivity contribution in [3.63, 3.8) is 0 Å². The van der Waals surface area contributed by atoms with Gasteiger partial charge in [0.15, 0.2) is 0 Å². The lowest BCUT2D eigenvalue weighted by Crippen LogP contribution is -2.34. The normalized spacial score (nSPS) is 15.1. The molecule has 0 bridgehead atoms. The molecule has 33 heavy (non-hydrogen) atoms. The van der Waals surface area contributed by atoms with Gasteiger partial charge in [-0.05, 0) is 48.0 Å². The topological polar surface area (TPSA) is 139 Å². The molecule has 2 aromatic rings. The predicted molar refractivity (Wildman–Crippen MR) is 126 cm³/mol.